The zero-order valence-corrected chi connectivity index (χ0v) is 9.67. The van der Waals surface area contributed by atoms with E-state index in [1.54, 1.807) is 0 Å². The average molecular weight is 225 g/mol. The summed E-state index contributed by atoms with van der Waals surface area (Å²) in [5, 5.41) is 8.69. The summed E-state index contributed by atoms with van der Waals surface area (Å²) in [7, 11) is 2.01. The first-order chi connectivity index (χ1) is 7.81. The van der Waals surface area contributed by atoms with Gasteiger partial charge in [0.1, 0.15) is 0 Å². The fourth-order valence-electron chi connectivity index (χ4n) is 2.10. The number of hydrogen-bond donors (Lipinski definition) is 1. The number of aliphatic hydroxyl groups is 1. The minimum absolute atomic E-state index is 0.111. The highest BCUT2D eigenvalue weighted by Crippen LogP contribution is 2.19. The number of imidazole rings is 1. The molecule has 5 nitrogen and oxygen atoms in total. The van der Waals surface area contributed by atoms with Gasteiger partial charge in [-0.2, -0.15) is 0 Å². The van der Waals surface area contributed by atoms with Gasteiger partial charge in [0.15, 0.2) is 0 Å². The predicted octanol–water partition coefficient (Wildman–Crippen LogP) is 0.398. The molecule has 0 saturated carbocycles. The highest BCUT2D eigenvalue weighted by Gasteiger charge is 2.21. The summed E-state index contributed by atoms with van der Waals surface area (Å²) in [5.41, 5.74) is 0. The molecule has 1 fully saturated rings. The van der Waals surface area contributed by atoms with Crippen molar-refractivity contribution in [1.29, 1.82) is 0 Å². The average Bonchev–Trinajstić information content (AvgIpc) is 2.74. The molecule has 1 aliphatic heterocycles. The molecule has 5 heteroatoms. The van der Waals surface area contributed by atoms with E-state index in [9.17, 15) is 0 Å². The van der Waals surface area contributed by atoms with Crippen LogP contribution in [-0.4, -0.2) is 47.1 Å². The topological polar surface area (TPSA) is 50.5 Å². The van der Waals surface area contributed by atoms with Gasteiger partial charge in [-0.1, -0.05) is 0 Å². The van der Waals surface area contributed by atoms with Gasteiger partial charge in [-0.05, 0) is 12.8 Å². The van der Waals surface area contributed by atoms with Gasteiger partial charge in [-0.15, -0.1) is 0 Å². The van der Waals surface area contributed by atoms with Crippen LogP contribution < -0.4 is 4.90 Å². The van der Waals surface area contributed by atoms with Gasteiger partial charge >= 0.3 is 0 Å². The number of rotatable bonds is 4. The number of aryl methyl sites for hydroxylation is 1. The number of nitrogens with zero attached hydrogens (tertiary/aromatic N) is 3. The van der Waals surface area contributed by atoms with Crippen molar-refractivity contribution in [2.24, 2.45) is 7.05 Å². The summed E-state index contributed by atoms with van der Waals surface area (Å²) in [5.74, 6) is 1.03. The lowest BCUT2D eigenvalue weighted by molar-refractivity contribution is 0.0157. The van der Waals surface area contributed by atoms with Crippen LogP contribution >= 0.6 is 0 Å². The molecule has 1 saturated heterocycles. The van der Waals surface area contributed by atoms with Crippen molar-refractivity contribution in [2.75, 3.05) is 31.2 Å². The zero-order valence-electron chi connectivity index (χ0n) is 9.67. The van der Waals surface area contributed by atoms with Gasteiger partial charge in [0, 0.05) is 32.5 Å². The van der Waals surface area contributed by atoms with Crippen LogP contribution in [0.25, 0.3) is 0 Å². The second-order valence-corrected chi connectivity index (χ2v) is 4.12. The molecule has 0 aliphatic carbocycles. The van der Waals surface area contributed by atoms with Crippen molar-refractivity contribution < 1.29 is 9.84 Å². The molecule has 2 heterocycles. The third kappa shape index (κ3) is 2.54. The molecular formula is C11H19N3O2. The van der Waals surface area contributed by atoms with Crippen molar-refractivity contribution >= 4 is 5.95 Å². The summed E-state index contributed by atoms with van der Waals surface area (Å²) in [6, 6.07) is 0. The van der Waals surface area contributed by atoms with E-state index in [1.165, 1.54) is 0 Å². The molecule has 0 radical (unpaired) electrons. The standard InChI is InChI=1S/C11H19N3O2/c1-13-7-4-12-11(13)14-5-2-10(3-6-14)16-9-8-15/h4,7,10,15H,2-3,5-6,8-9H2,1H3. The van der Waals surface area contributed by atoms with Gasteiger partial charge in [-0.25, -0.2) is 4.98 Å². The number of ether oxygens (including phenoxy) is 1. The number of hydrogen-bond acceptors (Lipinski definition) is 4. The molecule has 1 N–H and O–H groups in total. The van der Waals surface area contributed by atoms with Crippen LogP contribution in [0.2, 0.25) is 0 Å². The van der Waals surface area contributed by atoms with Crippen molar-refractivity contribution in [1.82, 2.24) is 9.55 Å². The molecule has 0 unspecified atom stereocenters. The molecule has 0 bridgehead atoms. The van der Waals surface area contributed by atoms with E-state index in [4.69, 9.17) is 9.84 Å². The monoisotopic (exact) mass is 225 g/mol. The van der Waals surface area contributed by atoms with Crippen LogP contribution in [0.4, 0.5) is 5.95 Å². The lowest BCUT2D eigenvalue weighted by Crippen LogP contribution is -2.38. The van der Waals surface area contributed by atoms with E-state index < -0.39 is 0 Å². The lowest BCUT2D eigenvalue weighted by Gasteiger charge is -2.32. The van der Waals surface area contributed by atoms with Crippen LogP contribution in [0.1, 0.15) is 12.8 Å². The highest BCUT2D eigenvalue weighted by atomic mass is 16.5. The number of aromatic nitrogens is 2. The Kier molecular flexibility index (Phi) is 3.79. The van der Waals surface area contributed by atoms with Crippen LogP contribution in [0.15, 0.2) is 12.4 Å². The van der Waals surface area contributed by atoms with Gasteiger partial charge in [0.05, 0.1) is 19.3 Å². The third-order valence-electron chi connectivity index (χ3n) is 2.97. The summed E-state index contributed by atoms with van der Waals surface area (Å²) in [6.07, 6.45) is 6.09. The Balaban J connectivity index is 1.83. The second kappa shape index (κ2) is 5.32. The SMILES string of the molecule is Cn1ccnc1N1CCC(OCCO)CC1. The fourth-order valence-corrected chi connectivity index (χ4v) is 2.10. The smallest absolute Gasteiger partial charge is 0.205 e. The van der Waals surface area contributed by atoms with E-state index in [-0.39, 0.29) is 6.61 Å². The Bertz CT molecular complexity index is 319. The Morgan fingerprint density at radius 1 is 1.50 bits per heavy atom. The van der Waals surface area contributed by atoms with Crippen LogP contribution in [0.3, 0.4) is 0 Å². The Morgan fingerprint density at radius 2 is 2.25 bits per heavy atom. The second-order valence-electron chi connectivity index (χ2n) is 4.12. The Morgan fingerprint density at radius 3 is 2.81 bits per heavy atom. The normalized spacial score (nSPS) is 18.0. The summed E-state index contributed by atoms with van der Waals surface area (Å²) in [4.78, 5) is 6.61. The lowest BCUT2D eigenvalue weighted by atomic mass is 10.1. The van der Waals surface area contributed by atoms with Gasteiger partial charge < -0.3 is 19.3 Å². The predicted molar refractivity (Wildman–Crippen MR) is 61.5 cm³/mol. The minimum Gasteiger partial charge on any atom is -0.394 e. The van der Waals surface area contributed by atoms with Crippen molar-refractivity contribution in [2.45, 2.75) is 18.9 Å². The van der Waals surface area contributed by atoms with E-state index in [0.717, 1.165) is 31.9 Å². The first-order valence-corrected chi connectivity index (χ1v) is 5.76. The maximum Gasteiger partial charge on any atom is 0.205 e. The third-order valence-corrected chi connectivity index (χ3v) is 2.97. The molecule has 90 valence electrons. The molecule has 0 atom stereocenters. The van der Waals surface area contributed by atoms with Gasteiger partial charge in [0.25, 0.3) is 0 Å². The quantitative estimate of drug-likeness (QED) is 0.805. The summed E-state index contributed by atoms with van der Waals surface area (Å²) >= 11 is 0. The molecule has 16 heavy (non-hydrogen) atoms. The largest absolute Gasteiger partial charge is 0.394 e. The molecule has 1 aromatic rings. The van der Waals surface area contributed by atoms with Crippen LogP contribution in [-0.2, 0) is 11.8 Å². The van der Waals surface area contributed by atoms with Crippen molar-refractivity contribution in [3.8, 4) is 0 Å². The van der Waals surface area contributed by atoms with Gasteiger partial charge in [-0.3, -0.25) is 0 Å². The van der Waals surface area contributed by atoms with Crippen molar-refractivity contribution in [3.63, 3.8) is 0 Å². The molecule has 2 rings (SSSR count). The molecule has 0 amide bonds. The number of anilines is 1. The highest BCUT2D eigenvalue weighted by molar-refractivity contribution is 5.31. The van der Waals surface area contributed by atoms with E-state index in [0.29, 0.717) is 12.7 Å². The molecule has 1 aromatic heterocycles. The van der Waals surface area contributed by atoms with E-state index in [1.807, 2.05) is 24.0 Å². The zero-order chi connectivity index (χ0) is 11.4. The molecular weight excluding hydrogens is 206 g/mol. The number of aliphatic hydroxyl groups excluding tert-OH is 1. The molecule has 0 aromatic carbocycles. The summed E-state index contributed by atoms with van der Waals surface area (Å²) in [6.45, 7) is 2.51. The first-order valence-electron chi connectivity index (χ1n) is 5.76. The maximum absolute atomic E-state index is 8.69. The minimum atomic E-state index is 0.111. The van der Waals surface area contributed by atoms with E-state index >= 15 is 0 Å². The van der Waals surface area contributed by atoms with Crippen molar-refractivity contribution in [3.05, 3.63) is 12.4 Å². The Labute approximate surface area is 95.7 Å². The maximum atomic E-state index is 8.69. The molecule has 1 aliphatic rings. The van der Waals surface area contributed by atoms with Crippen LogP contribution in [0, 0.1) is 0 Å². The van der Waals surface area contributed by atoms with Crippen LogP contribution in [0.5, 0.6) is 0 Å². The first kappa shape index (κ1) is 11.4. The van der Waals surface area contributed by atoms with Gasteiger partial charge in [0.2, 0.25) is 5.95 Å². The molecule has 0 spiro atoms. The number of piperidine rings is 1. The Hall–Kier alpha value is -1.07. The summed E-state index contributed by atoms with van der Waals surface area (Å²) < 4.78 is 7.56. The fraction of sp³-hybridized carbons (Fsp3) is 0.727. The van der Waals surface area contributed by atoms with E-state index in [2.05, 4.69) is 9.88 Å².